The van der Waals surface area contributed by atoms with Gasteiger partial charge in [-0.25, -0.2) is 0 Å². The molecule has 2 nitrogen and oxygen atoms in total. The molecule has 8 heavy (non-hydrogen) atoms. The first-order chi connectivity index (χ1) is 3.79. The molecule has 0 radical (unpaired) electrons. The fourth-order valence-electron chi connectivity index (χ4n) is 0.696. The highest BCUT2D eigenvalue weighted by atomic mass is 16.7. The number of ether oxygens (including phenoxy) is 2. The maximum atomic E-state index is 5.17. The molecule has 0 unspecified atom stereocenters. The van der Waals surface area contributed by atoms with Crippen LogP contribution >= 0.6 is 0 Å². The van der Waals surface area contributed by atoms with Crippen LogP contribution < -0.4 is 0 Å². The van der Waals surface area contributed by atoms with Crippen molar-refractivity contribution in [1.29, 1.82) is 0 Å². The lowest BCUT2D eigenvalue weighted by Crippen LogP contribution is -2.27. The summed E-state index contributed by atoms with van der Waals surface area (Å²) in [6.07, 6.45) is 0.0196. The summed E-state index contributed by atoms with van der Waals surface area (Å²) in [5.74, 6) is 0.575. The fraction of sp³-hybridized carbons (Fsp3) is 1.00. The van der Waals surface area contributed by atoms with Gasteiger partial charge < -0.3 is 9.47 Å². The summed E-state index contributed by atoms with van der Waals surface area (Å²) in [5.41, 5.74) is 0. The van der Waals surface area contributed by atoms with Gasteiger partial charge in [-0.3, -0.25) is 0 Å². The van der Waals surface area contributed by atoms with Crippen molar-refractivity contribution in [3.8, 4) is 0 Å². The van der Waals surface area contributed by atoms with E-state index >= 15 is 0 Å². The molecular formula is C6H12O2. The van der Waals surface area contributed by atoms with E-state index in [1.165, 1.54) is 0 Å². The predicted octanol–water partition coefficient (Wildman–Crippen LogP) is 1.02. The van der Waals surface area contributed by atoms with Crippen LogP contribution in [-0.2, 0) is 9.47 Å². The van der Waals surface area contributed by atoms with E-state index in [1.54, 1.807) is 0 Å². The third-order valence-electron chi connectivity index (χ3n) is 1.23. The van der Waals surface area contributed by atoms with Crippen molar-refractivity contribution in [3.05, 3.63) is 0 Å². The number of rotatable bonds is 0. The van der Waals surface area contributed by atoms with Crippen molar-refractivity contribution >= 4 is 0 Å². The van der Waals surface area contributed by atoms with Crippen LogP contribution in [0.4, 0.5) is 0 Å². The van der Waals surface area contributed by atoms with E-state index in [0.29, 0.717) is 5.92 Å². The molecule has 48 valence electrons. The van der Waals surface area contributed by atoms with E-state index in [2.05, 4.69) is 6.92 Å². The Hall–Kier alpha value is -0.0800. The molecule has 1 aliphatic rings. The molecule has 1 fully saturated rings. The van der Waals surface area contributed by atoms with Gasteiger partial charge in [0, 0.05) is 5.92 Å². The van der Waals surface area contributed by atoms with Crippen LogP contribution in [0.3, 0.4) is 0 Å². The first-order valence-electron chi connectivity index (χ1n) is 3.02. The van der Waals surface area contributed by atoms with Crippen molar-refractivity contribution in [2.45, 2.75) is 20.1 Å². The Morgan fingerprint density at radius 3 is 2.00 bits per heavy atom. The zero-order valence-corrected chi connectivity index (χ0v) is 5.39. The summed E-state index contributed by atoms with van der Waals surface area (Å²) < 4.78 is 10.3. The Bertz CT molecular complexity index is 54.9. The third-order valence-corrected chi connectivity index (χ3v) is 1.23. The molecule has 0 aromatic carbocycles. The van der Waals surface area contributed by atoms with Gasteiger partial charge in [-0.05, 0) is 6.92 Å². The van der Waals surface area contributed by atoms with E-state index in [1.807, 2.05) is 6.92 Å². The number of hydrogen-bond donors (Lipinski definition) is 0. The molecule has 0 aromatic heterocycles. The van der Waals surface area contributed by atoms with Gasteiger partial charge in [-0.1, -0.05) is 6.92 Å². The smallest absolute Gasteiger partial charge is 0.154 e. The van der Waals surface area contributed by atoms with Crippen LogP contribution in [0, 0.1) is 5.92 Å². The Kier molecular flexibility index (Phi) is 1.86. The molecule has 0 spiro atoms. The number of hydrogen-bond acceptors (Lipinski definition) is 2. The second kappa shape index (κ2) is 2.46. The van der Waals surface area contributed by atoms with E-state index in [-0.39, 0.29) is 6.29 Å². The molecule has 0 aliphatic carbocycles. The van der Waals surface area contributed by atoms with Gasteiger partial charge in [0.15, 0.2) is 6.29 Å². The molecule has 0 bridgehead atoms. The molecule has 0 atom stereocenters. The molecule has 1 heterocycles. The molecular weight excluding hydrogens is 104 g/mol. The fourth-order valence-corrected chi connectivity index (χ4v) is 0.696. The van der Waals surface area contributed by atoms with Crippen LogP contribution in [0.25, 0.3) is 0 Å². The van der Waals surface area contributed by atoms with Crippen molar-refractivity contribution in [3.63, 3.8) is 0 Å². The van der Waals surface area contributed by atoms with Gasteiger partial charge in [-0.2, -0.15) is 0 Å². The van der Waals surface area contributed by atoms with E-state index in [4.69, 9.17) is 9.47 Å². The third kappa shape index (κ3) is 1.46. The quantitative estimate of drug-likeness (QED) is 0.470. The standard InChI is InChI=1S/C6H12O2/c1-5-3-7-6(2)8-4-5/h5-6H,3-4H2,1-2H3. The van der Waals surface area contributed by atoms with Crippen LogP contribution in [0.2, 0.25) is 0 Å². The lowest BCUT2D eigenvalue weighted by Gasteiger charge is -2.24. The summed E-state index contributed by atoms with van der Waals surface area (Å²) in [6, 6.07) is 0. The molecule has 0 saturated carbocycles. The zero-order chi connectivity index (χ0) is 5.98. The minimum Gasteiger partial charge on any atom is -0.353 e. The molecule has 0 N–H and O–H groups in total. The van der Waals surface area contributed by atoms with E-state index < -0.39 is 0 Å². The summed E-state index contributed by atoms with van der Waals surface area (Å²) in [4.78, 5) is 0. The van der Waals surface area contributed by atoms with Crippen molar-refractivity contribution in [2.24, 2.45) is 5.92 Å². The lowest BCUT2D eigenvalue weighted by molar-refractivity contribution is -0.187. The van der Waals surface area contributed by atoms with Gasteiger partial charge >= 0.3 is 0 Å². The van der Waals surface area contributed by atoms with Crippen LogP contribution in [0.15, 0.2) is 0 Å². The van der Waals surface area contributed by atoms with Gasteiger partial charge in [0.2, 0.25) is 0 Å². The van der Waals surface area contributed by atoms with Crippen LogP contribution in [0.5, 0.6) is 0 Å². The molecule has 0 amide bonds. The highest BCUT2D eigenvalue weighted by Gasteiger charge is 2.13. The second-order valence-electron chi connectivity index (χ2n) is 2.34. The Labute approximate surface area is 49.8 Å². The molecule has 1 saturated heterocycles. The Balaban J connectivity index is 2.19. The first kappa shape index (κ1) is 6.05. The summed E-state index contributed by atoms with van der Waals surface area (Å²) >= 11 is 0. The average Bonchev–Trinajstić information content (AvgIpc) is 1.77. The largest absolute Gasteiger partial charge is 0.353 e. The van der Waals surface area contributed by atoms with Crippen molar-refractivity contribution in [1.82, 2.24) is 0 Å². The Morgan fingerprint density at radius 2 is 1.62 bits per heavy atom. The van der Waals surface area contributed by atoms with E-state index in [9.17, 15) is 0 Å². The average molecular weight is 116 g/mol. The highest BCUT2D eigenvalue weighted by Crippen LogP contribution is 2.08. The van der Waals surface area contributed by atoms with Crippen LogP contribution in [0.1, 0.15) is 13.8 Å². The lowest BCUT2D eigenvalue weighted by atomic mass is 10.2. The Morgan fingerprint density at radius 1 is 1.12 bits per heavy atom. The van der Waals surface area contributed by atoms with Gasteiger partial charge in [0.25, 0.3) is 0 Å². The normalized spacial score (nSPS) is 39.8. The SMILES string of the molecule is CC1COC(C)OC1. The molecule has 2 heteroatoms. The van der Waals surface area contributed by atoms with Gasteiger partial charge in [0.1, 0.15) is 0 Å². The second-order valence-corrected chi connectivity index (χ2v) is 2.34. The first-order valence-corrected chi connectivity index (χ1v) is 3.02. The maximum Gasteiger partial charge on any atom is 0.154 e. The maximum absolute atomic E-state index is 5.17. The minimum atomic E-state index is 0.0196. The van der Waals surface area contributed by atoms with E-state index in [0.717, 1.165) is 13.2 Å². The summed E-state index contributed by atoms with van der Waals surface area (Å²) in [7, 11) is 0. The highest BCUT2D eigenvalue weighted by molar-refractivity contribution is 4.53. The van der Waals surface area contributed by atoms with Crippen molar-refractivity contribution in [2.75, 3.05) is 13.2 Å². The van der Waals surface area contributed by atoms with Gasteiger partial charge in [0.05, 0.1) is 13.2 Å². The van der Waals surface area contributed by atoms with Crippen LogP contribution in [-0.4, -0.2) is 19.5 Å². The molecule has 0 aromatic rings. The predicted molar refractivity (Wildman–Crippen MR) is 30.5 cm³/mol. The van der Waals surface area contributed by atoms with Crippen molar-refractivity contribution < 1.29 is 9.47 Å². The topological polar surface area (TPSA) is 18.5 Å². The zero-order valence-electron chi connectivity index (χ0n) is 5.39. The minimum absolute atomic E-state index is 0.0196. The summed E-state index contributed by atoms with van der Waals surface area (Å²) in [5, 5.41) is 0. The van der Waals surface area contributed by atoms with Gasteiger partial charge in [-0.15, -0.1) is 0 Å². The molecule has 1 aliphatic heterocycles. The molecule has 1 rings (SSSR count). The monoisotopic (exact) mass is 116 g/mol. The summed E-state index contributed by atoms with van der Waals surface area (Å²) in [6.45, 7) is 5.74.